The van der Waals surface area contributed by atoms with Crippen molar-refractivity contribution in [2.24, 2.45) is 0 Å². The van der Waals surface area contributed by atoms with E-state index in [-0.39, 0.29) is 6.54 Å². The maximum Gasteiger partial charge on any atom is 0.428 e. The van der Waals surface area contributed by atoms with E-state index in [1.807, 2.05) is 0 Å². The molecule has 0 aliphatic carbocycles. The van der Waals surface area contributed by atoms with Crippen molar-refractivity contribution < 1.29 is 19.2 Å². The Labute approximate surface area is 94.8 Å². The van der Waals surface area contributed by atoms with Gasteiger partial charge in [0.05, 0.1) is 0 Å². The van der Waals surface area contributed by atoms with Crippen molar-refractivity contribution in [1.82, 2.24) is 10.4 Å². The summed E-state index contributed by atoms with van der Waals surface area (Å²) >= 11 is 0. The molecule has 1 aliphatic rings. The fourth-order valence-corrected chi connectivity index (χ4v) is 1.10. The number of carbonyl (C=O) groups is 2. The van der Waals surface area contributed by atoms with Gasteiger partial charge >= 0.3 is 12.1 Å². The first kappa shape index (κ1) is 12.8. The van der Waals surface area contributed by atoms with Crippen molar-refractivity contribution in [3.8, 4) is 0 Å². The molecule has 16 heavy (non-hydrogen) atoms. The van der Waals surface area contributed by atoms with Gasteiger partial charge in [-0.15, -0.1) is 5.48 Å². The number of likely N-dealkylation sites (tertiary alicyclic amines) is 1. The molecule has 0 saturated carbocycles. The van der Waals surface area contributed by atoms with Gasteiger partial charge in [-0.3, -0.25) is 4.79 Å². The van der Waals surface area contributed by atoms with Gasteiger partial charge in [0.1, 0.15) is 12.1 Å². The zero-order chi connectivity index (χ0) is 12.2. The second-order valence-corrected chi connectivity index (χ2v) is 4.62. The number of amides is 1. The van der Waals surface area contributed by atoms with Crippen LogP contribution in [0.3, 0.4) is 0 Å². The van der Waals surface area contributed by atoms with Crippen LogP contribution in [0.2, 0.25) is 0 Å². The number of nitrogens with zero attached hydrogens (tertiary/aromatic N) is 1. The number of rotatable bonds is 3. The third-order valence-corrected chi connectivity index (χ3v) is 1.91. The Hall–Kier alpha value is -1.30. The maximum absolute atomic E-state index is 11.2. The summed E-state index contributed by atoms with van der Waals surface area (Å²) in [6.45, 7) is 6.61. The predicted molar refractivity (Wildman–Crippen MR) is 56.5 cm³/mol. The molecule has 92 valence electrons. The zero-order valence-electron chi connectivity index (χ0n) is 9.91. The minimum absolute atomic E-state index is 0.142. The first-order chi connectivity index (χ1) is 7.38. The number of nitrogens with one attached hydrogen (secondary N) is 1. The van der Waals surface area contributed by atoms with Crippen LogP contribution in [0.5, 0.6) is 0 Å². The number of ether oxygens (including phenoxy) is 1. The van der Waals surface area contributed by atoms with Crippen LogP contribution in [-0.2, 0) is 14.4 Å². The van der Waals surface area contributed by atoms with Crippen LogP contribution in [0.15, 0.2) is 0 Å². The van der Waals surface area contributed by atoms with Crippen molar-refractivity contribution in [1.29, 1.82) is 0 Å². The molecule has 1 heterocycles. The van der Waals surface area contributed by atoms with E-state index in [4.69, 9.17) is 4.74 Å². The number of hydrogen-bond acceptors (Lipinski definition) is 5. The lowest BCUT2D eigenvalue weighted by molar-refractivity contribution is -0.155. The molecule has 6 nitrogen and oxygen atoms in total. The normalized spacial score (nSPS) is 15.3. The van der Waals surface area contributed by atoms with E-state index in [0.717, 1.165) is 6.42 Å². The summed E-state index contributed by atoms with van der Waals surface area (Å²) in [7, 11) is 0. The highest BCUT2D eigenvalue weighted by Gasteiger charge is 2.22. The molecule has 1 N–H and O–H groups in total. The molecule has 1 amide bonds. The van der Waals surface area contributed by atoms with Gasteiger partial charge in [-0.2, -0.15) is 0 Å². The lowest BCUT2D eigenvalue weighted by atomic mass is 10.2. The maximum atomic E-state index is 11.2. The number of carbonyl (C=O) groups excluding carboxylic acids is 2. The van der Waals surface area contributed by atoms with Crippen LogP contribution in [0.4, 0.5) is 4.79 Å². The number of esters is 1. The molecule has 1 rings (SSSR count). The van der Waals surface area contributed by atoms with Gasteiger partial charge in [-0.1, -0.05) is 0 Å². The van der Waals surface area contributed by atoms with Gasteiger partial charge in [0.15, 0.2) is 0 Å². The summed E-state index contributed by atoms with van der Waals surface area (Å²) < 4.78 is 5.01. The average molecular weight is 230 g/mol. The minimum atomic E-state index is -0.528. The molecule has 6 heteroatoms. The van der Waals surface area contributed by atoms with Crippen molar-refractivity contribution in [2.75, 3.05) is 19.6 Å². The monoisotopic (exact) mass is 230 g/mol. The first-order valence-corrected chi connectivity index (χ1v) is 5.29. The summed E-state index contributed by atoms with van der Waals surface area (Å²) in [6.07, 6.45) is 0.552. The Bertz CT molecular complexity index is 268. The molecule has 0 atom stereocenters. The first-order valence-electron chi connectivity index (χ1n) is 5.29. The fraction of sp³-hybridized carbons (Fsp3) is 0.800. The minimum Gasteiger partial charge on any atom is -0.459 e. The summed E-state index contributed by atoms with van der Waals surface area (Å²) in [6, 6.07) is 0. The molecule has 0 unspecified atom stereocenters. The van der Waals surface area contributed by atoms with Gasteiger partial charge in [0.25, 0.3) is 0 Å². The lowest BCUT2D eigenvalue weighted by Gasteiger charge is -2.29. The van der Waals surface area contributed by atoms with Crippen LogP contribution < -0.4 is 5.48 Å². The predicted octanol–water partition coefficient (Wildman–Crippen LogP) is 0.675. The van der Waals surface area contributed by atoms with Crippen molar-refractivity contribution in [3.63, 3.8) is 0 Å². The van der Waals surface area contributed by atoms with E-state index in [1.165, 1.54) is 0 Å². The van der Waals surface area contributed by atoms with Crippen LogP contribution in [-0.4, -0.2) is 42.2 Å². The highest BCUT2D eigenvalue weighted by atomic mass is 16.7. The Kier molecular flexibility index (Phi) is 4.12. The van der Waals surface area contributed by atoms with Crippen LogP contribution >= 0.6 is 0 Å². The van der Waals surface area contributed by atoms with Gasteiger partial charge in [-0.25, -0.2) is 4.79 Å². The second kappa shape index (κ2) is 5.16. The average Bonchev–Trinajstić information content (AvgIpc) is 1.96. The highest BCUT2D eigenvalue weighted by molar-refractivity contribution is 5.72. The molecule has 0 aromatic heterocycles. The molecular weight excluding hydrogens is 212 g/mol. The van der Waals surface area contributed by atoms with Crippen molar-refractivity contribution in [3.05, 3.63) is 0 Å². The second-order valence-electron chi connectivity index (χ2n) is 4.62. The van der Waals surface area contributed by atoms with Gasteiger partial charge in [0.2, 0.25) is 0 Å². The quantitative estimate of drug-likeness (QED) is 0.570. The van der Waals surface area contributed by atoms with Crippen LogP contribution in [0.25, 0.3) is 0 Å². The van der Waals surface area contributed by atoms with Crippen molar-refractivity contribution >= 4 is 12.1 Å². The van der Waals surface area contributed by atoms with E-state index < -0.39 is 17.7 Å². The van der Waals surface area contributed by atoms with E-state index in [0.29, 0.717) is 13.1 Å². The Morgan fingerprint density at radius 2 is 1.94 bits per heavy atom. The van der Waals surface area contributed by atoms with E-state index >= 15 is 0 Å². The lowest BCUT2D eigenvalue weighted by Crippen LogP contribution is -2.45. The molecule has 1 fully saturated rings. The van der Waals surface area contributed by atoms with Crippen LogP contribution in [0, 0.1) is 0 Å². The number of hydrogen-bond donors (Lipinski definition) is 1. The Balaban J connectivity index is 2.10. The third kappa shape index (κ3) is 4.48. The Morgan fingerprint density at radius 3 is 2.38 bits per heavy atom. The number of hydroxylamine groups is 1. The molecule has 0 aromatic rings. The summed E-state index contributed by atoms with van der Waals surface area (Å²) in [5.41, 5.74) is 1.76. The molecule has 0 aromatic carbocycles. The summed E-state index contributed by atoms with van der Waals surface area (Å²) in [5.74, 6) is -0.455. The Morgan fingerprint density at radius 1 is 1.31 bits per heavy atom. The zero-order valence-corrected chi connectivity index (χ0v) is 9.91. The molecule has 0 radical (unpaired) electrons. The van der Waals surface area contributed by atoms with Crippen LogP contribution in [0.1, 0.15) is 27.2 Å². The largest absolute Gasteiger partial charge is 0.459 e. The summed E-state index contributed by atoms with van der Waals surface area (Å²) in [4.78, 5) is 28.6. The van der Waals surface area contributed by atoms with Gasteiger partial charge in [-0.05, 0) is 27.2 Å². The van der Waals surface area contributed by atoms with Gasteiger partial charge < -0.3 is 14.5 Å². The molecule has 0 spiro atoms. The topological polar surface area (TPSA) is 67.9 Å². The molecule has 0 bridgehead atoms. The molecular formula is C10H18N2O4. The molecule has 1 aliphatic heterocycles. The fourth-order valence-electron chi connectivity index (χ4n) is 1.10. The van der Waals surface area contributed by atoms with Crippen molar-refractivity contribution in [2.45, 2.75) is 32.8 Å². The third-order valence-electron chi connectivity index (χ3n) is 1.91. The highest BCUT2D eigenvalue weighted by Crippen LogP contribution is 2.07. The molecule has 1 saturated heterocycles. The van der Waals surface area contributed by atoms with E-state index in [2.05, 4.69) is 10.3 Å². The standard InChI is InChI=1S/C10H18N2O4/c1-10(2,3)15-8(13)7-11-16-9(14)12-5-4-6-12/h11H,4-7H2,1-3H3. The smallest absolute Gasteiger partial charge is 0.428 e. The van der Waals surface area contributed by atoms with E-state index in [1.54, 1.807) is 25.7 Å². The van der Waals surface area contributed by atoms with Gasteiger partial charge in [0, 0.05) is 13.1 Å². The SMILES string of the molecule is CC(C)(C)OC(=O)CNOC(=O)N1CCC1. The summed E-state index contributed by atoms with van der Waals surface area (Å²) in [5, 5.41) is 0. The van der Waals surface area contributed by atoms with E-state index in [9.17, 15) is 9.59 Å².